The zero-order chi connectivity index (χ0) is 23.3. The summed E-state index contributed by atoms with van der Waals surface area (Å²) in [7, 11) is -4.02. The van der Waals surface area contributed by atoms with Crippen LogP contribution in [-0.2, 0) is 14.8 Å². The molecule has 9 nitrogen and oxygen atoms in total. The largest absolute Gasteiger partial charge is 0.482 e. The van der Waals surface area contributed by atoms with Gasteiger partial charge in [0.15, 0.2) is 6.61 Å². The van der Waals surface area contributed by atoms with Crippen LogP contribution in [0.2, 0.25) is 15.1 Å². The van der Waals surface area contributed by atoms with Gasteiger partial charge in [-0.15, -0.1) is 0 Å². The van der Waals surface area contributed by atoms with Gasteiger partial charge in [0.25, 0.3) is 15.9 Å². The molecular formula is C19H16Cl3N5O4S. The summed E-state index contributed by atoms with van der Waals surface area (Å²) >= 11 is 17.8. The van der Waals surface area contributed by atoms with Crippen molar-refractivity contribution in [1.29, 1.82) is 0 Å². The fourth-order valence-corrected chi connectivity index (χ4v) is 4.35. The van der Waals surface area contributed by atoms with E-state index in [2.05, 4.69) is 25.5 Å². The molecule has 3 rings (SSSR count). The number of aryl methyl sites for hydroxylation is 1. The van der Waals surface area contributed by atoms with Gasteiger partial charge < -0.3 is 4.74 Å². The highest BCUT2D eigenvalue weighted by Crippen LogP contribution is 2.27. The number of anilines is 2. The minimum Gasteiger partial charge on any atom is -0.482 e. The molecule has 0 saturated carbocycles. The number of halogens is 3. The third kappa shape index (κ3) is 6.36. The molecule has 0 unspecified atom stereocenters. The van der Waals surface area contributed by atoms with E-state index < -0.39 is 15.9 Å². The van der Waals surface area contributed by atoms with E-state index in [0.29, 0.717) is 16.5 Å². The van der Waals surface area contributed by atoms with Crippen LogP contribution in [0, 0.1) is 6.92 Å². The first kappa shape index (κ1) is 23.9. The van der Waals surface area contributed by atoms with Gasteiger partial charge in [0, 0.05) is 16.8 Å². The summed E-state index contributed by atoms with van der Waals surface area (Å²) in [5.74, 6) is -0.302. The Morgan fingerprint density at radius 2 is 1.78 bits per heavy atom. The Kier molecular flexibility index (Phi) is 7.62. The second-order valence-corrected chi connectivity index (χ2v) is 9.19. The van der Waals surface area contributed by atoms with Gasteiger partial charge in [-0.25, -0.2) is 18.1 Å². The van der Waals surface area contributed by atoms with Crippen molar-refractivity contribution in [3.8, 4) is 5.75 Å². The number of hydrogen-bond acceptors (Lipinski definition) is 7. The summed E-state index contributed by atoms with van der Waals surface area (Å²) in [6.45, 7) is 1.29. The molecular weight excluding hydrogens is 501 g/mol. The summed E-state index contributed by atoms with van der Waals surface area (Å²) < 4.78 is 32.8. The highest BCUT2D eigenvalue weighted by molar-refractivity contribution is 7.92. The van der Waals surface area contributed by atoms with Crippen LogP contribution in [0.15, 0.2) is 53.4 Å². The van der Waals surface area contributed by atoms with Crippen molar-refractivity contribution >= 4 is 62.5 Å². The second-order valence-electron chi connectivity index (χ2n) is 6.29. The molecule has 13 heteroatoms. The van der Waals surface area contributed by atoms with Crippen LogP contribution >= 0.6 is 34.8 Å². The van der Waals surface area contributed by atoms with Crippen molar-refractivity contribution in [2.45, 2.75) is 11.8 Å². The number of rotatable bonds is 8. The predicted octanol–water partition coefficient (Wildman–Crippen LogP) is 4.07. The maximum absolute atomic E-state index is 12.6. The molecule has 0 aliphatic heterocycles. The van der Waals surface area contributed by atoms with Gasteiger partial charge in [-0.2, -0.15) is 4.98 Å². The predicted molar refractivity (Wildman–Crippen MR) is 123 cm³/mol. The molecule has 0 spiro atoms. The maximum Gasteiger partial charge on any atom is 0.276 e. The molecule has 3 aromatic rings. The zero-order valence-electron chi connectivity index (χ0n) is 16.4. The molecule has 0 saturated heterocycles. The number of ether oxygens (including phenoxy) is 1. The number of carbonyl (C=O) groups excluding carboxylic acids is 1. The topological polar surface area (TPSA) is 122 Å². The van der Waals surface area contributed by atoms with Crippen molar-refractivity contribution in [3.05, 3.63) is 69.3 Å². The number of sulfonamides is 1. The van der Waals surface area contributed by atoms with Crippen molar-refractivity contribution < 1.29 is 17.9 Å². The fourth-order valence-electron chi connectivity index (χ4n) is 2.42. The lowest BCUT2D eigenvalue weighted by Crippen LogP contribution is -2.34. The molecule has 0 bridgehead atoms. The standard InChI is InChI=1S/C19H16Cl3N5O4S/c1-11-8-17(25-26-18(28)10-31-15-7-6-12(20)9-14(15)22)24-19(23-11)27-32(29,30)16-5-3-2-4-13(16)21/h2-9H,10H2,1H3,(H,26,28)(H2,23,24,25,27). The quantitative estimate of drug-likeness (QED) is 0.386. The second kappa shape index (κ2) is 10.2. The molecule has 32 heavy (non-hydrogen) atoms. The Morgan fingerprint density at radius 3 is 2.50 bits per heavy atom. The Balaban J connectivity index is 1.63. The Labute approximate surface area is 199 Å². The third-order valence-electron chi connectivity index (χ3n) is 3.79. The lowest BCUT2D eigenvalue weighted by Gasteiger charge is -2.12. The maximum atomic E-state index is 12.6. The van der Waals surface area contributed by atoms with Crippen molar-refractivity contribution in [2.75, 3.05) is 16.8 Å². The first-order valence-electron chi connectivity index (χ1n) is 8.90. The molecule has 168 valence electrons. The van der Waals surface area contributed by atoms with Crippen LogP contribution in [0.4, 0.5) is 11.8 Å². The monoisotopic (exact) mass is 515 g/mol. The average molecular weight is 517 g/mol. The summed E-state index contributed by atoms with van der Waals surface area (Å²) in [5, 5.41) is 0.757. The number of carbonyl (C=O) groups is 1. The van der Waals surface area contributed by atoms with Crippen molar-refractivity contribution in [2.24, 2.45) is 0 Å². The smallest absolute Gasteiger partial charge is 0.276 e. The number of nitrogens with one attached hydrogen (secondary N) is 3. The average Bonchev–Trinajstić information content (AvgIpc) is 2.71. The number of benzene rings is 2. The highest BCUT2D eigenvalue weighted by atomic mass is 35.5. The third-order valence-corrected chi connectivity index (χ3v) is 6.15. The zero-order valence-corrected chi connectivity index (χ0v) is 19.5. The first-order valence-corrected chi connectivity index (χ1v) is 11.5. The van der Waals surface area contributed by atoms with Crippen molar-refractivity contribution in [3.63, 3.8) is 0 Å². The molecule has 1 heterocycles. The molecule has 1 aromatic heterocycles. The first-order chi connectivity index (χ1) is 15.1. The van der Waals surface area contributed by atoms with E-state index in [1.807, 2.05) is 0 Å². The van der Waals surface area contributed by atoms with E-state index in [-0.39, 0.29) is 33.3 Å². The molecule has 1 amide bonds. The molecule has 0 aliphatic rings. The van der Waals surface area contributed by atoms with Crippen LogP contribution in [0.1, 0.15) is 5.69 Å². The summed E-state index contributed by atoms with van der Waals surface area (Å²) in [4.78, 5) is 20.0. The van der Waals surface area contributed by atoms with Gasteiger partial charge in [-0.1, -0.05) is 46.9 Å². The highest BCUT2D eigenvalue weighted by Gasteiger charge is 2.19. The van der Waals surface area contributed by atoms with E-state index in [0.717, 1.165) is 0 Å². The molecule has 0 radical (unpaired) electrons. The summed E-state index contributed by atoms with van der Waals surface area (Å²) in [5.41, 5.74) is 5.41. The summed E-state index contributed by atoms with van der Waals surface area (Å²) in [6.07, 6.45) is 0. The Hall–Kier alpha value is -2.79. The van der Waals surface area contributed by atoms with E-state index >= 15 is 0 Å². The molecule has 0 aliphatic carbocycles. The SMILES string of the molecule is Cc1cc(NNC(=O)COc2ccc(Cl)cc2Cl)nc(NS(=O)(=O)c2ccccc2Cl)n1. The normalized spacial score (nSPS) is 11.0. The lowest BCUT2D eigenvalue weighted by atomic mass is 10.3. The van der Waals surface area contributed by atoms with Gasteiger partial charge >= 0.3 is 0 Å². The Morgan fingerprint density at radius 1 is 1.03 bits per heavy atom. The number of aromatic nitrogens is 2. The molecule has 0 atom stereocenters. The fraction of sp³-hybridized carbons (Fsp3) is 0.105. The molecule has 3 N–H and O–H groups in total. The van der Waals surface area contributed by atoms with Gasteiger partial charge in [-0.3, -0.25) is 15.6 Å². The van der Waals surface area contributed by atoms with Crippen molar-refractivity contribution in [1.82, 2.24) is 15.4 Å². The van der Waals surface area contributed by atoms with Gasteiger partial charge in [0.05, 0.1) is 10.0 Å². The van der Waals surface area contributed by atoms with E-state index in [1.165, 1.54) is 30.3 Å². The van der Waals surface area contributed by atoms with Gasteiger partial charge in [0.1, 0.15) is 16.5 Å². The van der Waals surface area contributed by atoms with Crippen LogP contribution < -0.4 is 20.3 Å². The van der Waals surface area contributed by atoms with Crippen LogP contribution in [-0.4, -0.2) is 30.9 Å². The van der Waals surface area contributed by atoms with E-state index in [9.17, 15) is 13.2 Å². The number of nitrogens with zero attached hydrogens (tertiary/aromatic N) is 2. The minimum atomic E-state index is -4.02. The Bertz CT molecular complexity index is 1260. The van der Waals surface area contributed by atoms with Crippen LogP contribution in [0.5, 0.6) is 5.75 Å². The molecule has 0 fully saturated rings. The van der Waals surface area contributed by atoms with E-state index in [1.54, 1.807) is 25.1 Å². The number of hydrogen-bond donors (Lipinski definition) is 3. The lowest BCUT2D eigenvalue weighted by molar-refractivity contribution is -0.122. The van der Waals surface area contributed by atoms with Crippen LogP contribution in [0.3, 0.4) is 0 Å². The minimum absolute atomic E-state index is 0.0547. The van der Waals surface area contributed by atoms with E-state index in [4.69, 9.17) is 39.5 Å². The van der Waals surface area contributed by atoms with Crippen LogP contribution in [0.25, 0.3) is 0 Å². The van der Waals surface area contributed by atoms with Gasteiger partial charge in [0.2, 0.25) is 5.95 Å². The molecule has 2 aromatic carbocycles. The number of hydrazine groups is 1. The van der Waals surface area contributed by atoms with Gasteiger partial charge in [-0.05, 0) is 37.3 Å². The number of amides is 1. The summed E-state index contributed by atoms with van der Waals surface area (Å²) in [6, 6.07) is 12.1.